The number of para-hydroxylation sites is 1. The number of aryl methyl sites for hydroxylation is 2. The van der Waals surface area contributed by atoms with E-state index in [0.717, 1.165) is 33.7 Å². The predicted octanol–water partition coefficient (Wildman–Crippen LogP) is 3.41. The zero-order valence-electron chi connectivity index (χ0n) is 21.5. The molecule has 2 aromatic carbocycles. The number of nitrogens with zero attached hydrogens (tertiary/aromatic N) is 2. The van der Waals surface area contributed by atoms with Crippen molar-refractivity contribution in [2.24, 2.45) is 0 Å². The molecule has 0 aromatic heterocycles. The quantitative estimate of drug-likeness (QED) is 0.479. The zero-order chi connectivity index (χ0) is 26.2. The van der Waals surface area contributed by atoms with Gasteiger partial charge in [0.15, 0.2) is 0 Å². The predicted molar refractivity (Wildman–Crippen MR) is 139 cm³/mol. The maximum Gasteiger partial charge on any atom is 0.244 e. The molecule has 9 heteroatoms. The lowest BCUT2D eigenvalue weighted by molar-refractivity contribution is -0.140. The Morgan fingerprint density at radius 1 is 1.03 bits per heavy atom. The van der Waals surface area contributed by atoms with Gasteiger partial charge in [-0.25, -0.2) is 8.42 Å². The number of anilines is 1. The van der Waals surface area contributed by atoms with E-state index in [2.05, 4.69) is 5.32 Å². The van der Waals surface area contributed by atoms with Gasteiger partial charge in [-0.15, -0.1) is 0 Å². The van der Waals surface area contributed by atoms with Crippen molar-refractivity contribution in [3.63, 3.8) is 0 Å². The average molecular weight is 504 g/mol. The van der Waals surface area contributed by atoms with E-state index in [9.17, 15) is 18.0 Å². The molecule has 0 unspecified atom stereocenters. The molecule has 2 amide bonds. The first-order valence-electron chi connectivity index (χ1n) is 11.8. The van der Waals surface area contributed by atoms with Crippen molar-refractivity contribution >= 4 is 27.5 Å². The normalized spacial score (nSPS) is 12.1. The summed E-state index contributed by atoms with van der Waals surface area (Å²) in [5.74, 6) is -0.0285. The molecule has 0 saturated carbocycles. The van der Waals surface area contributed by atoms with Crippen LogP contribution in [0.5, 0.6) is 5.75 Å². The third-order valence-corrected chi connectivity index (χ3v) is 6.93. The van der Waals surface area contributed by atoms with E-state index in [4.69, 9.17) is 4.74 Å². The molecular weight excluding hydrogens is 466 g/mol. The Bertz CT molecular complexity index is 1100. The molecule has 0 aliphatic heterocycles. The van der Waals surface area contributed by atoms with Crippen molar-refractivity contribution in [1.82, 2.24) is 10.2 Å². The summed E-state index contributed by atoms with van der Waals surface area (Å²) < 4.78 is 32.0. The van der Waals surface area contributed by atoms with Crippen LogP contribution in [-0.4, -0.2) is 57.6 Å². The highest BCUT2D eigenvalue weighted by atomic mass is 32.2. The maximum atomic E-state index is 13.7. The summed E-state index contributed by atoms with van der Waals surface area (Å²) in [6.45, 7) is 7.67. The van der Waals surface area contributed by atoms with Crippen LogP contribution in [0, 0.1) is 13.8 Å². The Hall–Kier alpha value is -3.07. The van der Waals surface area contributed by atoms with Crippen LogP contribution in [-0.2, 0) is 26.2 Å². The van der Waals surface area contributed by atoms with E-state index in [-0.39, 0.29) is 12.5 Å². The fourth-order valence-electron chi connectivity index (χ4n) is 3.99. The molecule has 0 bridgehead atoms. The SMILES string of the molecule is CCCNC(=O)[C@@H](CC)N(Cc1ccc(OC)cc1)C(=O)CN(c1c(C)cccc1C)S(C)(=O)=O. The summed E-state index contributed by atoms with van der Waals surface area (Å²) in [5, 5.41) is 2.87. The molecule has 0 aliphatic carbocycles. The number of amides is 2. The number of carbonyl (C=O) groups is 2. The van der Waals surface area contributed by atoms with Crippen molar-refractivity contribution < 1.29 is 22.7 Å². The van der Waals surface area contributed by atoms with Crippen LogP contribution in [0.2, 0.25) is 0 Å². The third kappa shape index (κ3) is 7.45. The van der Waals surface area contributed by atoms with Gasteiger partial charge in [-0.3, -0.25) is 13.9 Å². The Balaban J connectivity index is 2.47. The van der Waals surface area contributed by atoms with Gasteiger partial charge in [-0.2, -0.15) is 0 Å². The molecule has 8 nitrogen and oxygen atoms in total. The molecule has 0 fully saturated rings. The van der Waals surface area contributed by atoms with Crippen LogP contribution < -0.4 is 14.4 Å². The second kappa shape index (κ2) is 12.6. The third-order valence-electron chi connectivity index (χ3n) is 5.82. The molecule has 1 N–H and O–H groups in total. The van der Waals surface area contributed by atoms with E-state index < -0.39 is 28.5 Å². The Kier molecular flexibility index (Phi) is 10.1. The summed E-state index contributed by atoms with van der Waals surface area (Å²) in [6.07, 6.45) is 2.24. The minimum absolute atomic E-state index is 0.158. The van der Waals surface area contributed by atoms with Gasteiger partial charge in [0.05, 0.1) is 19.1 Å². The van der Waals surface area contributed by atoms with Crippen LogP contribution in [0.25, 0.3) is 0 Å². The van der Waals surface area contributed by atoms with Gasteiger partial charge < -0.3 is 15.0 Å². The highest BCUT2D eigenvalue weighted by Gasteiger charge is 2.32. The average Bonchev–Trinajstić information content (AvgIpc) is 2.81. The van der Waals surface area contributed by atoms with Crippen molar-refractivity contribution in [2.75, 3.05) is 30.8 Å². The van der Waals surface area contributed by atoms with Gasteiger partial charge in [0.25, 0.3) is 0 Å². The van der Waals surface area contributed by atoms with Crippen LogP contribution in [0.15, 0.2) is 42.5 Å². The van der Waals surface area contributed by atoms with E-state index in [0.29, 0.717) is 24.4 Å². The molecule has 2 rings (SSSR count). The monoisotopic (exact) mass is 503 g/mol. The number of hydrogen-bond acceptors (Lipinski definition) is 5. The maximum absolute atomic E-state index is 13.7. The molecular formula is C26H37N3O5S. The van der Waals surface area contributed by atoms with E-state index in [1.807, 2.05) is 58.0 Å². The highest BCUT2D eigenvalue weighted by molar-refractivity contribution is 7.92. The van der Waals surface area contributed by atoms with Crippen molar-refractivity contribution in [1.29, 1.82) is 0 Å². The fraction of sp³-hybridized carbons (Fsp3) is 0.462. The molecule has 2 aromatic rings. The smallest absolute Gasteiger partial charge is 0.244 e. The molecule has 1 atom stereocenters. The number of hydrogen-bond donors (Lipinski definition) is 1. The largest absolute Gasteiger partial charge is 0.497 e. The van der Waals surface area contributed by atoms with Crippen LogP contribution in [0.4, 0.5) is 5.69 Å². The Morgan fingerprint density at radius 3 is 2.11 bits per heavy atom. The number of methoxy groups -OCH3 is 1. The van der Waals surface area contributed by atoms with E-state index in [1.165, 1.54) is 4.90 Å². The number of rotatable bonds is 12. The molecule has 192 valence electrons. The van der Waals surface area contributed by atoms with Crippen molar-refractivity contribution in [2.45, 2.75) is 53.1 Å². The molecule has 0 radical (unpaired) electrons. The van der Waals surface area contributed by atoms with Crippen LogP contribution in [0.3, 0.4) is 0 Å². The second-order valence-electron chi connectivity index (χ2n) is 8.59. The first kappa shape index (κ1) is 28.2. The summed E-state index contributed by atoms with van der Waals surface area (Å²) in [7, 11) is -2.20. The number of ether oxygens (including phenoxy) is 1. The lowest BCUT2D eigenvalue weighted by atomic mass is 10.1. The number of benzene rings is 2. The topological polar surface area (TPSA) is 96.0 Å². The lowest BCUT2D eigenvalue weighted by Crippen LogP contribution is -2.52. The Morgan fingerprint density at radius 2 is 1.63 bits per heavy atom. The number of sulfonamides is 1. The van der Waals surface area contributed by atoms with Gasteiger partial charge in [0.2, 0.25) is 21.8 Å². The highest BCUT2D eigenvalue weighted by Crippen LogP contribution is 2.27. The first-order valence-corrected chi connectivity index (χ1v) is 13.6. The van der Waals surface area contributed by atoms with Gasteiger partial charge >= 0.3 is 0 Å². The summed E-state index contributed by atoms with van der Waals surface area (Å²) in [5.41, 5.74) is 2.78. The van der Waals surface area contributed by atoms with E-state index in [1.54, 1.807) is 19.2 Å². The van der Waals surface area contributed by atoms with Gasteiger partial charge in [-0.1, -0.05) is 44.2 Å². The van der Waals surface area contributed by atoms with Gasteiger partial charge in [-0.05, 0) is 55.5 Å². The van der Waals surface area contributed by atoms with Crippen molar-refractivity contribution in [3.05, 3.63) is 59.2 Å². The second-order valence-corrected chi connectivity index (χ2v) is 10.5. The summed E-state index contributed by atoms with van der Waals surface area (Å²) in [6, 6.07) is 12.0. The van der Waals surface area contributed by atoms with Gasteiger partial charge in [0, 0.05) is 13.1 Å². The minimum Gasteiger partial charge on any atom is -0.497 e. The Labute approximate surface area is 209 Å². The van der Waals surface area contributed by atoms with Crippen molar-refractivity contribution in [3.8, 4) is 5.75 Å². The summed E-state index contributed by atoms with van der Waals surface area (Å²) in [4.78, 5) is 28.2. The zero-order valence-corrected chi connectivity index (χ0v) is 22.3. The number of carbonyl (C=O) groups excluding carboxylic acids is 2. The molecule has 0 spiro atoms. The van der Waals surface area contributed by atoms with Crippen LogP contribution >= 0.6 is 0 Å². The molecule has 35 heavy (non-hydrogen) atoms. The molecule has 0 saturated heterocycles. The summed E-state index contributed by atoms with van der Waals surface area (Å²) >= 11 is 0. The molecule has 0 heterocycles. The first-order chi connectivity index (χ1) is 16.5. The van der Waals surface area contributed by atoms with E-state index >= 15 is 0 Å². The van der Waals surface area contributed by atoms with Crippen LogP contribution in [0.1, 0.15) is 43.4 Å². The number of nitrogens with one attached hydrogen (secondary N) is 1. The van der Waals surface area contributed by atoms with Gasteiger partial charge in [0.1, 0.15) is 18.3 Å². The molecule has 0 aliphatic rings. The standard InChI is InChI=1S/C26H37N3O5S/c1-7-16-27-26(31)23(8-2)28(17-21-12-14-22(34-5)15-13-21)24(30)18-29(35(6,32)33)25-19(3)10-9-11-20(25)4/h9-15,23H,7-8,16-18H2,1-6H3,(H,27,31)/t23-/m1/s1. The minimum atomic E-state index is -3.77. The lowest BCUT2D eigenvalue weighted by Gasteiger charge is -2.33. The fourth-order valence-corrected chi connectivity index (χ4v) is 4.95.